The number of halogens is 2. The van der Waals surface area contributed by atoms with Crippen LogP contribution in [-0.4, -0.2) is 66.4 Å². The number of anilines is 1. The molecular formula is C29H36F2N4. The zero-order valence-corrected chi connectivity index (χ0v) is 20.6. The molecule has 5 rings (SSSR count). The lowest BCUT2D eigenvalue weighted by Gasteiger charge is -2.41. The molecule has 186 valence electrons. The average molecular weight is 479 g/mol. The summed E-state index contributed by atoms with van der Waals surface area (Å²) in [6, 6.07) is 18.1. The second kappa shape index (κ2) is 10.5. The Morgan fingerprint density at radius 3 is 2.60 bits per heavy atom. The van der Waals surface area contributed by atoms with Crippen LogP contribution in [0.5, 0.6) is 0 Å². The van der Waals surface area contributed by atoms with Crippen molar-refractivity contribution < 1.29 is 8.78 Å². The SMILES string of the molecule is C=C(CF)CCN1[C@@H](c2ccc(NC3CN(CCCF)C3)cc2)c2[nH]c3ccccc3c2C[C@@H]1C. The number of nitrogens with one attached hydrogen (secondary N) is 2. The molecule has 2 aliphatic rings. The third-order valence-electron chi connectivity index (χ3n) is 7.59. The van der Waals surface area contributed by atoms with Crippen LogP contribution < -0.4 is 5.32 Å². The van der Waals surface area contributed by atoms with E-state index in [-0.39, 0.29) is 12.7 Å². The largest absolute Gasteiger partial charge is 0.380 e. The molecule has 0 radical (unpaired) electrons. The van der Waals surface area contributed by atoms with E-state index < -0.39 is 6.67 Å². The van der Waals surface area contributed by atoms with Crippen molar-refractivity contribution in [1.29, 1.82) is 0 Å². The fraction of sp³-hybridized carbons (Fsp3) is 0.448. The Balaban J connectivity index is 1.38. The normalized spacial score (nSPS) is 21.1. The number of fused-ring (bicyclic) bond motifs is 3. The van der Waals surface area contributed by atoms with E-state index in [4.69, 9.17) is 0 Å². The van der Waals surface area contributed by atoms with Crippen molar-refractivity contribution in [1.82, 2.24) is 14.8 Å². The summed E-state index contributed by atoms with van der Waals surface area (Å²) in [6.45, 7) is 9.01. The molecule has 0 aliphatic carbocycles. The van der Waals surface area contributed by atoms with Gasteiger partial charge in [-0.05, 0) is 61.1 Å². The molecule has 2 aliphatic heterocycles. The molecule has 2 atom stereocenters. The van der Waals surface area contributed by atoms with Crippen molar-refractivity contribution in [3.05, 3.63) is 77.5 Å². The van der Waals surface area contributed by atoms with Crippen molar-refractivity contribution in [2.75, 3.05) is 44.8 Å². The summed E-state index contributed by atoms with van der Waals surface area (Å²) in [6.07, 6.45) is 2.25. The number of benzene rings is 2. The molecule has 0 saturated carbocycles. The lowest BCUT2D eigenvalue weighted by molar-refractivity contribution is 0.150. The van der Waals surface area contributed by atoms with Gasteiger partial charge in [0, 0.05) is 54.5 Å². The Kier molecular flexibility index (Phi) is 7.21. The predicted octanol–water partition coefficient (Wildman–Crippen LogP) is 5.88. The summed E-state index contributed by atoms with van der Waals surface area (Å²) >= 11 is 0. The number of alkyl halides is 2. The molecule has 6 heteroatoms. The van der Waals surface area contributed by atoms with E-state index in [0.29, 0.717) is 30.5 Å². The van der Waals surface area contributed by atoms with Gasteiger partial charge >= 0.3 is 0 Å². The van der Waals surface area contributed by atoms with Crippen LogP contribution in [0, 0.1) is 0 Å². The Bertz CT molecular complexity index is 1150. The van der Waals surface area contributed by atoms with E-state index in [9.17, 15) is 8.78 Å². The lowest BCUT2D eigenvalue weighted by atomic mass is 9.88. The highest BCUT2D eigenvalue weighted by Crippen LogP contribution is 2.41. The Morgan fingerprint density at radius 2 is 1.86 bits per heavy atom. The first-order chi connectivity index (χ1) is 17.1. The van der Waals surface area contributed by atoms with Crippen LogP contribution in [0.3, 0.4) is 0 Å². The zero-order valence-electron chi connectivity index (χ0n) is 20.6. The van der Waals surface area contributed by atoms with E-state index in [2.05, 4.69) is 82.1 Å². The van der Waals surface area contributed by atoms with Gasteiger partial charge in [-0.3, -0.25) is 14.2 Å². The Hall–Kier alpha value is -2.70. The molecular weight excluding hydrogens is 442 g/mol. The second-order valence-electron chi connectivity index (χ2n) is 10.2. The molecule has 0 spiro atoms. The molecule has 2 N–H and O–H groups in total. The van der Waals surface area contributed by atoms with Crippen molar-refractivity contribution in [2.24, 2.45) is 0 Å². The molecule has 2 aromatic carbocycles. The number of hydrogen-bond donors (Lipinski definition) is 2. The molecule has 3 heterocycles. The van der Waals surface area contributed by atoms with E-state index in [1.807, 2.05) is 0 Å². The first-order valence-corrected chi connectivity index (χ1v) is 12.8. The molecule has 1 saturated heterocycles. The molecule has 0 unspecified atom stereocenters. The summed E-state index contributed by atoms with van der Waals surface area (Å²) in [5.74, 6) is 0. The highest BCUT2D eigenvalue weighted by atomic mass is 19.1. The second-order valence-corrected chi connectivity index (χ2v) is 10.2. The monoisotopic (exact) mass is 478 g/mol. The van der Waals surface area contributed by atoms with Crippen molar-refractivity contribution in [3.8, 4) is 0 Å². The van der Waals surface area contributed by atoms with E-state index in [0.717, 1.165) is 38.3 Å². The van der Waals surface area contributed by atoms with Gasteiger partial charge in [0.25, 0.3) is 0 Å². The summed E-state index contributed by atoms with van der Waals surface area (Å²) < 4.78 is 25.5. The Labute approximate surface area is 207 Å². The maximum absolute atomic E-state index is 13.2. The van der Waals surface area contributed by atoms with E-state index >= 15 is 0 Å². The van der Waals surface area contributed by atoms with E-state index in [1.54, 1.807) is 0 Å². The number of para-hydroxylation sites is 1. The first-order valence-electron chi connectivity index (χ1n) is 12.8. The molecule has 0 bridgehead atoms. The summed E-state index contributed by atoms with van der Waals surface area (Å²) in [7, 11) is 0. The van der Waals surface area contributed by atoms with Gasteiger partial charge in [-0.25, -0.2) is 4.39 Å². The highest BCUT2D eigenvalue weighted by Gasteiger charge is 2.35. The molecule has 35 heavy (non-hydrogen) atoms. The van der Waals surface area contributed by atoms with Gasteiger partial charge in [-0.1, -0.05) is 36.9 Å². The van der Waals surface area contributed by atoms with Gasteiger partial charge in [-0.15, -0.1) is 0 Å². The van der Waals surface area contributed by atoms with Crippen LogP contribution in [0.15, 0.2) is 60.7 Å². The maximum Gasteiger partial charge on any atom is 0.110 e. The van der Waals surface area contributed by atoms with Gasteiger partial charge in [0.1, 0.15) is 6.67 Å². The summed E-state index contributed by atoms with van der Waals surface area (Å²) in [5, 5.41) is 4.91. The average Bonchev–Trinajstić information content (AvgIpc) is 3.22. The number of nitrogens with zero attached hydrogens (tertiary/aromatic N) is 2. The summed E-state index contributed by atoms with van der Waals surface area (Å²) in [4.78, 5) is 8.50. The fourth-order valence-corrected chi connectivity index (χ4v) is 5.69. The van der Waals surface area contributed by atoms with Crippen molar-refractivity contribution in [3.63, 3.8) is 0 Å². The Morgan fingerprint density at radius 1 is 1.09 bits per heavy atom. The summed E-state index contributed by atoms with van der Waals surface area (Å²) in [5.41, 5.74) is 6.81. The smallest absolute Gasteiger partial charge is 0.110 e. The van der Waals surface area contributed by atoms with Crippen LogP contribution in [0.2, 0.25) is 0 Å². The molecule has 0 amide bonds. The predicted molar refractivity (Wildman–Crippen MR) is 141 cm³/mol. The minimum Gasteiger partial charge on any atom is -0.380 e. The van der Waals surface area contributed by atoms with Gasteiger partial charge in [-0.2, -0.15) is 0 Å². The van der Waals surface area contributed by atoms with Gasteiger partial charge < -0.3 is 10.3 Å². The minimum absolute atomic E-state index is 0.0857. The molecule has 4 nitrogen and oxygen atoms in total. The number of aromatic nitrogens is 1. The molecule has 1 fully saturated rings. The van der Waals surface area contributed by atoms with Crippen LogP contribution >= 0.6 is 0 Å². The van der Waals surface area contributed by atoms with Gasteiger partial charge in [0.05, 0.1) is 18.8 Å². The zero-order chi connectivity index (χ0) is 24.4. The van der Waals surface area contributed by atoms with Crippen molar-refractivity contribution >= 4 is 16.6 Å². The first kappa shape index (κ1) is 24.0. The van der Waals surface area contributed by atoms with Gasteiger partial charge in [0.15, 0.2) is 0 Å². The number of rotatable bonds is 10. The third kappa shape index (κ3) is 5.00. The van der Waals surface area contributed by atoms with Crippen molar-refractivity contribution in [2.45, 2.75) is 44.3 Å². The molecule has 3 aromatic rings. The maximum atomic E-state index is 13.2. The topological polar surface area (TPSA) is 34.3 Å². The van der Waals surface area contributed by atoms with E-state index in [1.165, 1.54) is 27.7 Å². The van der Waals surface area contributed by atoms with Crippen LogP contribution in [-0.2, 0) is 6.42 Å². The molecule has 1 aromatic heterocycles. The fourth-order valence-electron chi connectivity index (χ4n) is 5.69. The van der Waals surface area contributed by atoms with Gasteiger partial charge in [0.2, 0.25) is 0 Å². The number of H-pyrrole nitrogens is 1. The third-order valence-corrected chi connectivity index (χ3v) is 7.59. The van der Waals surface area contributed by atoms with Crippen LogP contribution in [0.1, 0.15) is 42.6 Å². The number of hydrogen-bond acceptors (Lipinski definition) is 3. The quantitative estimate of drug-likeness (QED) is 0.358. The minimum atomic E-state index is -0.461. The van der Waals surface area contributed by atoms with Crippen LogP contribution in [0.25, 0.3) is 10.9 Å². The lowest BCUT2D eigenvalue weighted by Crippen LogP contribution is -2.54. The standard InChI is InChI=1S/C29H36F2N4/c1-20(17-31)12-15-35-21(2)16-26-25-6-3-4-7-27(25)33-28(26)29(35)22-8-10-23(11-9-22)32-24-18-34(19-24)14-5-13-30/h3-4,6-11,21,24,29,32-33H,1,5,12-19H2,2H3/t21-,29-/m0/s1. The highest BCUT2D eigenvalue weighted by molar-refractivity contribution is 5.85. The number of likely N-dealkylation sites (tertiary alicyclic amines) is 1. The number of aromatic amines is 1. The van der Waals surface area contributed by atoms with Crippen LogP contribution in [0.4, 0.5) is 14.5 Å².